The number of aromatic nitrogens is 1. The molecule has 22 heavy (non-hydrogen) atoms. The first kappa shape index (κ1) is 15.9. The molecule has 0 saturated heterocycles. The van der Waals surface area contributed by atoms with Crippen molar-refractivity contribution in [1.82, 2.24) is 4.98 Å². The van der Waals surface area contributed by atoms with Gasteiger partial charge in [-0.2, -0.15) is 0 Å². The molecule has 0 aliphatic heterocycles. The van der Waals surface area contributed by atoms with Gasteiger partial charge in [0.15, 0.2) is 5.82 Å². The Kier molecular flexibility index (Phi) is 5.47. The number of unbranched alkanes of at least 4 members (excludes halogenated alkanes) is 2. The monoisotopic (exact) mass is 303 g/mol. The number of rotatable bonds is 7. The zero-order valence-corrected chi connectivity index (χ0v) is 12.4. The Hall–Kier alpha value is -2.43. The number of aromatic carboxylic acids is 1. The maximum Gasteiger partial charge on any atom is 0.337 e. The Bertz CT molecular complexity index is 641. The highest BCUT2D eigenvalue weighted by molar-refractivity contribution is 5.87. The highest BCUT2D eigenvalue weighted by atomic mass is 19.1. The van der Waals surface area contributed by atoms with Crippen molar-refractivity contribution >= 4 is 5.97 Å². The van der Waals surface area contributed by atoms with Crippen LogP contribution in [0.1, 0.15) is 42.1 Å². The molecule has 0 unspecified atom stereocenters. The first-order valence-electron chi connectivity index (χ1n) is 7.25. The summed E-state index contributed by atoms with van der Waals surface area (Å²) in [6, 6.07) is 8.29. The van der Waals surface area contributed by atoms with E-state index in [1.165, 1.54) is 18.4 Å². The topological polar surface area (TPSA) is 59.4 Å². The van der Waals surface area contributed by atoms with Gasteiger partial charge in [-0.15, -0.1) is 0 Å². The summed E-state index contributed by atoms with van der Waals surface area (Å²) in [6.07, 6.45) is 5.60. The molecule has 2 rings (SSSR count). The second-order valence-corrected chi connectivity index (χ2v) is 5.02. The lowest BCUT2D eigenvalue weighted by Gasteiger charge is -2.07. The number of carboxylic acid groups (broad SMARTS) is 1. The van der Waals surface area contributed by atoms with Crippen LogP contribution >= 0.6 is 0 Å². The van der Waals surface area contributed by atoms with Crippen molar-refractivity contribution in [2.75, 3.05) is 0 Å². The standard InChI is InChI=1S/C17H18FNO3/c1-2-3-4-5-12-6-8-14(9-7-12)22-16-15(18)10-13(11-19-16)17(20)21/h6-11H,2-5H2,1H3,(H,20,21). The van der Waals surface area contributed by atoms with Crippen LogP contribution in [-0.4, -0.2) is 16.1 Å². The number of hydrogen-bond acceptors (Lipinski definition) is 3. The number of benzene rings is 1. The Balaban J connectivity index is 2.03. The summed E-state index contributed by atoms with van der Waals surface area (Å²) in [5.41, 5.74) is 0.992. The van der Waals surface area contributed by atoms with E-state index in [4.69, 9.17) is 9.84 Å². The number of aryl methyl sites for hydroxylation is 1. The molecule has 1 N–H and O–H groups in total. The van der Waals surface area contributed by atoms with Gasteiger partial charge in [0.25, 0.3) is 5.88 Å². The van der Waals surface area contributed by atoms with Crippen LogP contribution in [0.25, 0.3) is 0 Å². The first-order valence-corrected chi connectivity index (χ1v) is 7.25. The third-order valence-corrected chi connectivity index (χ3v) is 3.26. The van der Waals surface area contributed by atoms with Gasteiger partial charge in [0.05, 0.1) is 5.56 Å². The molecular formula is C17H18FNO3. The smallest absolute Gasteiger partial charge is 0.337 e. The largest absolute Gasteiger partial charge is 0.478 e. The fourth-order valence-corrected chi connectivity index (χ4v) is 2.03. The number of hydrogen-bond donors (Lipinski definition) is 1. The van der Waals surface area contributed by atoms with E-state index in [2.05, 4.69) is 11.9 Å². The molecule has 4 nitrogen and oxygen atoms in total. The summed E-state index contributed by atoms with van der Waals surface area (Å²) in [4.78, 5) is 14.4. The summed E-state index contributed by atoms with van der Waals surface area (Å²) in [7, 11) is 0. The summed E-state index contributed by atoms with van der Waals surface area (Å²) in [5.74, 6) is -1.79. The minimum absolute atomic E-state index is 0.212. The van der Waals surface area contributed by atoms with E-state index >= 15 is 0 Å². The van der Waals surface area contributed by atoms with Crippen LogP contribution in [0.15, 0.2) is 36.5 Å². The van der Waals surface area contributed by atoms with Crippen molar-refractivity contribution in [3.8, 4) is 11.6 Å². The van der Waals surface area contributed by atoms with Crippen molar-refractivity contribution < 1.29 is 19.0 Å². The van der Waals surface area contributed by atoms with Crippen molar-refractivity contribution in [3.05, 3.63) is 53.5 Å². The van der Waals surface area contributed by atoms with E-state index in [-0.39, 0.29) is 11.4 Å². The van der Waals surface area contributed by atoms with Crippen molar-refractivity contribution in [1.29, 1.82) is 0 Å². The molecule has 116 valence electrons. The van der Waals surface area contributed by atoms with E-state index in [9.17, 15) is 9.18 Å². The zero-order chi connectivity index (χ0) is 15.9. The Morgan fingerprint density at radius 2 is 2.00 bits per heavy atom. The molecule has 1 aromatic heterocycles. The molecule has 0 aliphatic carbocycles. The molecule has 0 bridgehead atoms. The van der Waals surface area contributed by atoms with Crippen molar-refractivity contribution in [3.63, 3.8) is 0 Å². The third-order valence-electron chi connectivity index (χ3n) is 3.26. The van der Waals surface area contributed by atoms with Gasteiger partial charge in [0.2, 0.25) is 0 Å². The molecule has 0 fully saturated rings. The Morgan fingerprint density at radius 3 is 2.59 bits per heavy atom. The van der Waals surface area contributed by atoms with E-state index in [1.807, 2.05) is 12.1 Å². The number of pyridine rings is 1. The first-order chi connectivity index (χ1) is 10.6. The third kappa shape index (κ3) is 4.28. The molecule has 0 amide bonds. The maximum absolute atomic E-state index is 13.7. The average molecular weight is 303 g/mol. The summed E-state index contributed by atoms with van der Waals surface area (Å²) in [5, 5.41) is 8.76. The number of carbonyl (C=O) groups is 1. The number of halogens is 1. The molecule has 0 aliphatic rings. The molecule has 0 spiro atoms. The molecule has 0 saturated carbocycles. The van der Waals surface area contributed by atoms with Gasteiger partial charge in [-0.1, -0.05) is 31.9 Å². The molecule has 5 heteroatoms. The summed E-state index contributed by atoms with van der Waals surface area (Å²) < 4.78 is 19.1. The maximum atomic E-state index is 13.7. The summed E-state index contributed by atoms with van der Waals surface area (Å²) in [6.45, 7) is 2.16. The quantitative estimate of drug-likeness (QED) is 0.768. The van der Waals surface area contributed by atoms with Gasteiger partial charge in [-0.3, -0.25) is 0 Å². The average Bonchev–Trinajstić information content (AvgIpc) is 2.51. The molecule has 1 heterocycles. The molecule has 0 atom stereocenters. The lowest BCUT2D eigenvalue weighted by Crippen LogP contribution is -2.00. The van der Waals surface area contributed by atoms with E-state index < -0.39 is 11.8 Å². The molecule has 1 aromatic carbocycles. The van der Waals surface area contributed by atoms with Gasteiger partial charge in [-0.05, 0) is 36.6 Å². The summed E-state index contributed by atoms with van der Waals surface area (Å²) >= 11 is 0. The highest BCUT2D eigenvalue weighted by Crippen LogP contribution is 2.23. The Morgan fingerprint density at radius 1 is 1.27 bits per heavy atom. The lowest BCUT2D eigenvalue weighted by molar-refractivity contribution is 0.0695. The number of nitrogens with zero attached hydrogens (tertiary/aromatic N) is 1. The highest BCUT2D eigenvalue weighted by Gasteiger charge is 2.11. The minimum Gasteiger partial charge on any atom is -0.478 e. The van der Waals surface area contributed by atoms with E-state index in [0.717, 1.165) is 25.1 Å². The molecule has 2 aromatic rings. The van der Waals surface area contributed by atoms with Crippen LogP contribution in [-0.2, 0) is 6.42 Å². The van der Waals surface area contributed by atoms with Crippen LogP contribution in [0, 0.1) is 5.82 Å². The van der Waals surface area contributed by atoms with Gasteiger partial charge in [0.1, 0.15) is 5.75 Å². The fourth-order valence-electron chi connectivity index (χ4n) is 2.03. The fraction of sp³-hybridized carbons (Fsp3) is 0.294. The van der Waals surface area contributed by atoms with Crippen LogP contribution in [0.4, 0.5) is 4.39 Å². The van der Waals surface area contributed by atoms with Crippen LogP contribution < -0.4 is 4.74 Å². The van der Waals surface area contributed by atoms with Gasteiger partial charge >= 0.3 is 5.97 Å². The zero-order valence-electron chi connectivity index (χ0n) is 12.4. The van der Waals surface area contributed by atoms with Gasteiger partial charge in [0, 0.05) is 6.20 Å². The van der Waals surface area contributed by atoms with Crippen LogP contribution in [0.2, 0.25) is 0 Å². The lowest BCUT2D eigenvalue weighted by atomic mass is 10.1. The molecule has 0 radical (unpaired) electrons. The van der Waals surface area contributed by atoms with Crippen molar-refractivity contribution in [2.24, 2.45) is 0 Å². The van der Waals surface area contributed by atoms with Gasteiger partial charge < -0.3 is 9.84 Å². The van der Waals surface area contributed by atoms with E-state index in [0.29, 0.717) is 5.75 Å². The second kappa shape index (κ2) is 7.54. The number of carboxylic acids is 1. The second-order valence-electron chi connectivity index (χ2n) is 5.02. The predicted molar refractivity (Wildman–Crippen MR) is 80.9 cm³/mol. The minimum atomic E-state index is -1.23. The molecular weight excluding hydrogens is 285 g/mol. The van der Waals surface area contributed by atoms with Crippen LogP contribution in [0.3, 0.4) is 0 Å². The van der Waals surface area contributed by atoms with Crippen LogP contribution in [0.5, 0.6) is 11.6 Å². The van der Waals surface area contributed by atoms with E-state index in [1.54, 1.807) is 12.1 Å². The van der Waals surface area contributed by atoms with Crippen molar-refractivity contribution in [2.45, 2.75) is 32.6 Å². The normalized spacial score (nSPS) is 10.5. The SMILES string of the molecule is CCCCCc1ccc(Oc2ncc(C(=O)O)cc2F)cc1. The predicted octanol–water partition coefficient (Wildman–Crippen LogP) is 4.44. The van der Waals surface area contributed by atoms with Gasteiger partial charge in [-0.25, -0.2) is 14.2 Å². The number of ether oxygens (including phenoxy) is 1. The Labute approximate surface area is 128 Å².